The molecule has 0 aromatic carbocycles. The molecule has 2 aromatic heterocycles. The highest BCUT2D eigenvalue weighted by Crippen LogP contribution is 2.30. The van der Waals surface area contributed by atoms with Crippen molar-refractivity contribution >= 4 is 17.2 Å². The van der Waals surface area contributed by atoms with Gasteiger partial charge in [0, 0.05) is 31.9 Å². The van der Waals surface area contributed by atoms with Gasteiger partial charge in [0.05, 0.1) is 25.5 Å². The topological polar surface area (TPSA) is 63.0 Å². The first-order valence-electron chi connectivity index (χ1n) is 8.22. The van der Waals surface area contributed by atoms with Gasteiger partial charge in [0.25, 0.3) is 0 Å². The van der Waals surface area contributed by atoms with Crippen LogP contribution in [0.5, 0.6) is 0 Å². The monoisotopic (exact) mass is 333 g/mol. The molecule has 2 aromatic rings. The van der Waals surface area contributed by atoms with Crippen LogP contribution in [0.1, 0.15) is 12.1 Å². The number of aromatic nitrogens is 3. The SMILES string of the molecule is Cc1cc2c(N3C[C@H](F)C[C@H]3C(=O)N3CCOCC3)nccn2n1. The standard InChI is InChI=1S/C16H20FN5O2/c1-11-8-13-15(18-2-3-22(13)19-11)21-10-12(17)9-14(21)16(23)20-4-6-24-7-5-20/h2-3,8,12,14H,4-7,9-10H2,1H3/t12-,14+/m1/s1. The van der Waals surface area contributed by atoms with Crippen LogP contribution in [-0.4, -0.2) is 70.5 Å². The van der Waals surface area contributed by atoms with Crippen molar-refractivity contribution in [1.29, 1.82) is 0 Å². The molecule has 24 heavy (non-hydrogen) atoms. The highest BCUT2D eigenvalue weighted by Gasteiger charge is 2.40. The van der Waals surface area contributed by atoms with Crippen molar-refractivity contribution in [3.05, 3.63) is 24.2 Å². The Morgan fingerprint density at radius 1 is 1.38 bits per heavy atom. The van der Waals surface area contributed by atoms with Gasteiger partial charge in [-0.05, 0) is 13.0 Å². The van der Waals surface area contributed by atoms with Crippen LogP contribution in [0.2, 0.25) is 0 Å². The Bertz CT molecular complexity index is 758. The average molecular weight is 333 g/mol. The molecule has 2 fully saturated rings. The van der Waals surface area contributed by atoms with E-state index in [1.807, 2.05) is 13.0 Å². The van der Waals surface area contributed by atoms with Crippen molar-refractivity contribution in [2.75, 3.05) is 37.7 Å². The Kier molecular flexibility index (Phi) is 3.84. The first kappa shape index (κ1) is 15.3. The molecule has 128 valence electrons. The second-order valence-corrected chi connectivity index (χ2v) is 6.31. The van der Waals surface area contributed by atoms with Crippen LogP contribution in [0, 0.1) is 6.92 Å². The summed E-state index contributed by atoms with van der Waals surface area (Å²) in [7, 11) is 0. The predicted molar refractivity (Wildman–Crippen MR) is 85.8 cm³/mol. The van der Waals surface area contributed by atoms with Gasteiger partial charge in [0.1, 0.15) is 17.7 Å². The maximum absolute atomic E-state index is 14.2. The summed E-state index contributed by atoms with van der Waals surface area (Å²) in [5.41, 5.74) is 1.65. The molecule has 4 rings (SSSR count). The second kappa shape index (κ2) is 6.01. The van der Waals surface area contributed by atoms with Crippen molar-refractivity contribution in [3.63, 3.8) is 0 Å². The van der Waals surface area contributed by atoms with E-state index in [9.17, 15) is 9.18 Å². The van der Waals surface area contributed by atoms with Gasteiger partial charge >= 0.3 is 0 Å². The number of ether oxygens (including phenoxy) is 1. The third kappa shape index (κ3) is 2.60. The molecule has 0 N–H and O–H groups in total. The van der Waals surface area contributed by atoms with Crippen molar-refractivity contribution in [2.45, 2.75) is 25.6 Å². The number of anilines is 1. The van der Waals surface area contributed by atoms with Crippen LogP contribution >= 0.6 is 0 Å². The largest absolute Gasteiger partial charge is 0.378 e. The number of halogens is 1. The highest BCUT2D eigenvalue weighted by molar-refractivity contribution is 5.87. The van der Waals surface area contributed by atoms with Crippen LogP contribution in [0.25, 0.3) is 5.52 Å². The molecule has 2 atom stereocenters. The van der Waals surface area contributed by atoms with E-state index in [1.165, 1.54) is 0 Å². The summed E-state index contributed by atoms with van der Waals surface area (Å²) >= 11 is 0. The Morgan fingerprint density at radius 2 is 2.17 bits per heavy atom. The molecule has 2 aliphatic heterocycles. The molecule has 0 spiro atoms. The molecular weight excluding hydrogens is 313 g/mol. The fourth-order valence-electron chi connectivity index (χ4n) is 3.50. The maximum atomic E-state index is 14.2. The quantitative estimate of drug-likeness (QED) is 0.814. The van der Waals surface area contributed by atoms with Crippen LogP contribution < -0.4 is 4.90 Å². The molecule has 0 saturated carbocycles. The molecule has 2 aliphatic rings. The van der Waals surface area contributed by atoms with Gasteiger partial charge in [0.2, 0.25) is 5.91 Å². The summed E-state index contributed by atoms with van der Waals surface area (Å²) < 4.78 is 21.2. The summed E-state index contributed by atoms with van der Waals surface area (Å²) in [4.78, 5) is 20.9. The zero-order valence-corrected chi connectivity index (χ0v) is 13.6. The lowest BCUT2D eigenvalue weighted by Gasteiger charge is -2.32. The van der Waals surface area contributed by atoms with Crippen LogP contribution in [-0.2, 0) is 9.53 Å². The number of carbonyl (C=O) groups is 1. The summed E-state index contributed by atoms with van der Waals surface area (Å²) in [5.74, 6) is 0.573. The average Bonchev–Trinajstić information content (AvgIpc) is 3.16. The fourth-order valence-corrected chi connectivity index (χ4v) is 3.50. The number of fused-ring (bicyclic) bond motifs is 1. The molecule has 0 aliphatic carbocycles. The minimum Gasteiger partial charge on any atom is -0.378 e. The molecule has 0 radical (unpaired) electrons. The Labute approximate surface area is 139 Å². The molecule has 2 saturated heterocycles. The number of hydrogen-bond donors (Lipinski definition) is 0. The third-order valence-corrected chi connectivity index (χ3v) is 4.62. The van der Waals surface area contributed by atoms with Crippen molar-refractivity contribution < 1.29 is 13.9 Å². The van der Waals surface area contributed by atoms with E-state index >= 15 is 0 Å². The minimum absolute atomic E-state index is 0.0431. The van der Waals surface area contributed by atoms with E-state index in [-0.39, 0.29) is 18.9 Å². The van der Waals surface area contributed by atoms with E-state index < -0.39 is 12.2 Å². The first-order valence-corrected chi connectivity index (χ1v) is 8.22. The van der Waals surface area contributed by atoms with Gasteiger partial charge in [-0.1, -0.05) is 0 Å². The molecule has 0 bridgehead atoms. The van der Waals surface area contributed by atoms with Gasteiger partial charge in [0.15, 0.2) is 5.82 Å². The van der Waals surface area contributed by atoms with Gasteiger partial charge in [-0.15, -0.1) is 0 Å². The number of amides is 1. The number of rotatable bonds is 2. The molecular formula is C16H20FN5O2. The molecule has 0 unspecified atom stereocenters. The van der Waals surface area contributed by atoms with Crippen LogP contribution in [0.15, 0.2) is 18.5 Å². The van der Waals surface area contributed by atoms with Gasteiger partial charge in [-0.2, -0.15) is 5.10 Å². The number of morpholine rings is 1. The van der Waals surface area contributed by atoms with E-state index in [0.717, 1.165) is 11.2 Å². The van der Waals surface area contributed by atoms with Crippen molar-refractivity contribution in [1.82, 2.24) is 19.5 Å². The lowest BCUT2D eigenvalue weighted by Crippen LogP contribution is -2.50. The summed E-state index contributed by atoms with van der Waals surface area (Å²) in [6.45, 7) is 4.26. The fraction of sp³-hybridized carbons (Fsp3) is 0.562. The lowest BCUT2D eigenvalue weighted by atomic mass is 10.1. The molecule has 7 nitrogen and oxygen atoms in total. The van der Waals surface area contributed by atoms with E-state index in [2.05, 4.69) is 10.1 Å². The first-order chi connectivity index (χ1) is 11.6. The Morgan fingerprint density at radius 3 is 2.96 bits per heavy atom. The zero-order valence-electron chi connectivity index (χ0n) is 13.6. The summed E-state index contributed by atoms with van der Waals surface area (Å²) in [6, 6.07) is 1.39. The van der Waals surface area contributed by atoms with Gasteiger partial charge in [-0.3, -0.25) is 4.79 Å². The van der Waals surface area contributed by atoms with E-state index in [1.54, 1.807) is 26.7 Å². The van der Waals surface area contributed by atoms with Gasteiger partial charge < -0.3 is 14.5 Å². The van der Waals surface area contributed by atoms with Crippen molar-refractivity contribution in [2.24, 2.45) is 0 Å². The lowest BCUT2D eigenvalue weighted by molar-refractivity contribution is -0.136. The summed E-state index contributed by atoms with van der Waals surface area (Å²) in [6.07, 6.45) is 2.56. The second-order valence-electron chi connectivity index (χ2n) is 6.31. The minimum atomic E-state index is -1.04. The molecule has 1 amide bonds. The number of aryl methyl sites for hydroxylation is 1. The van der Waals surface area contributed by atoms with Crippen LogP contribution in [0.3, 0.4) is 0 Å². The normalized spacial score (nSPS) is 24.8. The predicted octanol–water partition coefficient (Wildman–Crippen LogP) is 0.813. The Hall–Kier alpha value is -2.22. The molecule has 8 heteroatoms. The Balaban J connectivity index is 1.68. The highest BCUT2D eigenvalue weighted by atomic mass is 19.1. The number of nitrogens with zero attached hydrogens (tertiary/aromatic N) is 5. The van der Waals surface area contributed by atoms with Gasteiger partial charge in [-0.25, -0.2) is 13.9 Å². The van der Waals surface area contributed by atoms with Crippen molar-refractivity contribution in [3.8, 4) is 0 Å². The number of hydrogen-bond acceptors (Lipinski definition) is 5. The maximum Gasteiger partial charge on any atom is 0.245 e. The number of carbonyl (C=O) groups excluding carboxylic acids is 1. The van der Waals surface area contributed by atoms with E-state index in [0.29, 0.717) is 32.1 Å². The van der Waals surface area contributed by atoms with Crippen LogP contribution in [0.4, 0.5) is 10.2 Å². The third-order valence-electron chi connectivity index (χ3n) is 4.62. The zero-order chi connectivity index (χ0) is 16.7. The number of alkyl halides is 1. The van der Waals surface area contributed by atoms with E-state index in [4.69, 9.17) is 4.74 Å². The smallest absolute Gasteiger partial charge is 0.245 e. The molecule has 4 heterocycles. The summed E-state index contributed by atoms with van der Waals surface area (Å²) in [5, 5.41) is 4.37.